The van der Waals surface area contributed by atoms with Gasteiger partial charge in [0.1, 0.15) is 5.82 Å². The zero-order chi connectivity index (χ0) is 11.1. The Bertz CT molecular complexity index is 380. The van der Waals surface area contributed by atoms with Crippen LogP contribution in [0.4, 0.5) is 4.39 Å². The number of benzene rings is 1. The van der Waals surface area contributed by atoms with Gasteiger partial charge in [-0.25, -0.2) is 4.39 Å². The normalized spacial score (nSPS) is 29.2. The molecule has 0 aliphatic heterocycles. The zero-order valence-corrected chi connectivity index (χ0v) is 9.39. The molecule has 0 aromatic heterocycles. The summed E-state index contributed by atoms with van der Waals surface area (Å²) >= 11 is 5.66. The third kappa shape index (κ3) is 1.88. The van der Waals surface area contributed by atoms with E-state index in [2.05, 4.69) is 6.92 Å². The third-order valence-electron chi connectivity index (χ3n) is 3.11. The lowest BCUT2D eigenvalue weighted by molar-refractivity contribution is 0.124. The van der Waals surface area contributed by atoms with Gasteiger partial charge in [-0.3, -0.25) is 0 Å². The van der Waals surface area contributed by atoms with Gasteiger partial charge in [-0.05, 0) is 30.9 Å². The number of aliphatic hydroxyl groups is 1. The van der Waals surface area contributed by atoms with E-state index in [9.17, 15) is 9.50 Å². The summed E-state index contributed by atoms with van der Waals surface area (Å²) in [5.41, 5.74) is -0.546. The molecule has 1 aromatic carbocycles. The third-order valence-corrected chi connectivity index (χ3v) is 3.34. The smallest absolute Gasteiger partial charge is 0.130 e. The second-order valence-electron chi connectivity index (χ2n) is 4.24. The molecule has 1 aliphatic rings. The predicted octanol–water partition coefficient (Wildman–Crippen LogP) is 3.49. The van der Waals surface area contributed by atoms with E-state index in [1.165, 1.54) is 6.07 Å². The summed E-state index contributed by atoms with van der Waals surface area (Å²) in [5.74, 6) is -0.193. The Morgan fingerprint density at radius 1 is 1.60 bits per heavy atom. The Hall–Kier alpha value is -0.600. The van der Waals surface area contributed by atoms with E-state index in [0.29, 0.717) is 17.0 Å². The molecular weight excluding hydrogens is 215 g/mol. The van der Waals surface area contributed by atoms with Crippen LogP contribution in [0.5, 0.6) is 0 Å². The number of halogens is 2. The molecule has 1 aliphatic carbocycles. The van der Waals surface area contributed by atoms with Crippen LogP contribution in [0.2, 0.25) is 5.02 Å². The first-order valence-corrected chi connectivity index (χ1v) is 5.63. The van der Waals surface area contributed by atoms with Crippen LogP contribution in [0, 0.1) is 11.7 Å². The van der Waals surface area contributed by atoms with Crippen molar-refractivity contribution in [2.75, 3.05) is 0 Å². The molecule has 0 saturated heterocycles. The maximum Gasteiger partial charge on any atom is 0.130 e. The molecule has 3 heteroatoms. The molecule has 0 amide bonds. The van der Waals surface area contributed by atoms with Crippen LogP contribution >= 0.6 is 11.6 Å². The van der Waals surface area contributed by atoms with E-state index in [1.807, 2.05) is 0 Å². The minimum atomic E-state index is -0.940. The largest absolute Gasteiger partial charge is 0.385 e. The van der Waals surface area contributed by atoms with Gasteiger partial charge in [-0.15, -0.1) is 0 Å². The molecule has 0 radical (unpaired) electrons. The highest BCUT2D eigenvalue weighted by molar-refractivity contribution is 6.30. The molecule has 0 heterocycles. The molecule has 2 unspecified atom stereocenters. The first-order chi connectivity index (χ1) is 7.08. The topological polar surface area (TPSA) is 20.2 Å². The van der Waals surface area contributed by atoms with Crippen LogP contribution in [-0.4, -0.2) is 5.11 Å². The summed E-state index contributed by atoms with van der Waals surface area (Å²) in [5, 5.41) is 10.5. The van der Waals surface area contributed by atoms with Gasteiger partial charge in [0, 0.05) is 10.6 Å². The summed E-state index contributed by atoms with van der Waals surface area (Å²) in [4.78, 5) is 0. The van der Waals surface area contributed by atoms with Crippen LogP contribution in [0.25, 0.3) is 0 Å². The van der Waals surface area contributed by atoms with Gasteiger partial charge < -0.3 is 5.11 Å². The Kier molecular flexibility index (Phi) is 2.73. The number of hydrogen-bond acceptors (Lipinski definition) is 1. The first kappa shape index (κ1) is 10.9. The lowest BCUT2D eigenvalue weighted by Gasteiger charge is -2.11. The van der Waals surface area contributed by atoms with Crippen molar-refractivity contribution >= 4 is 11.6 Å². The lowest BCUT2D eigenvalue weighted by Crippen LogP contribution is -2.11. The van der Waals surface area contributed by atoms with E-state index in [-0.39, 0.29) is 5.92 Å². The summed E-state index contributed by atoms with van der Waals surface area (Å²) in [6, 6.07) is 4.47. The monoisotopic (exact) mass is 228 g/mol. The van der Waals surface area contributed by atoms with Gasteiger partial charge in [0.05, 0.1) is 5.60 Å². The van der Waals surface area contributed by atoms with Crippen molar-refractivity contribution in [2.45, 2.75) is 31.8 Å². The van der Waals surface area contributed by atoms with Crippen molar-refractivity contribution in [3.05, 3.63) is 34.6 Å². The van der Waals surface area contributed by atoms with Crippen molar-refractivity contribution < 1.29 is 9.50 Å². The standard InChI is InChI=1S/C12H14ClFO/c1-2-3-8-7-12(8,15)10-5-4-9(13)6-11(10)14/h4-6,8,15H,2-3,7H2,1H3. The fourth-order valence-corrected chi connectivity index (χ4v) is 2.34. The van der Waals surface area contributed by atoms with Crippen LogP contribution in [0.15, 0.2) is 18.2 Å². The summed E-state index contributed by atoms with van der Waals surface area (Å²) in [6.45, 7) is 2.07. The molecule has 2 rings (SSSR count). The quantitative estimate of drug-likeness (QED) is 0.840. The highest BCUT2D eigenvalue weighted by atomic mass is 35.5. The minimum Gasteiger partial charge on any atom is -0.385 e. The molecule has 2 atom stereocenters. The van der Waals surface area contributed by atoms with Crippen molar-refractivity contribution in [1.29, 1.82) is 0 Å². The predicted molar refractivity (Wildman–Crippen MR) is 58.3 cm³/mol. The Labute approximate surface area is 93.9 Å². The van der Waals surface area contributed by atoms with Gasteiger partial charge in [0.2, 0.25) is 0 Å². The Morgan fingerprint density at radius 2 is 2.33 bits per heavy atom. The lowest BCUT2D eigenvalue weighted by atomic mass is 10.0. The highest BCUT2D eigenvalue weighted by Gasteiger charge is 2.54. The van der Waals surface area contributed by atoms with Gasteiger partial charge in [-0.1, -0.05) is 31.0 Å². The molecule has 82 valence electrons. The maximum atomic E-state index is 13.6. The molecule has 1 aromatic rings. The summed E-state index contributed by atoms with van der Waals surface area (Å²) < 4.78 is 13.6. The molecule has 1 N–H and O–H groups in total. The summed E-state index contributed by atoms with van der Waals surface area (Å²) in [6.07, 6.45) is 2.63. The number of hydrogen-bond donors (Lipinski definition) is 1. The minimum absolute atomic E-state index is 0.207. The highest BCUT2D eigenvalue weighted by Crippen LogP contribution is 2.54. The van der Waals surface area contributed by atoms with Crippen molar-refractivity contribution in [1.82, 2.24) is 0 Å². The second kappa shape index (κ2) is 3.76. The number of rotatable bonds is 3. The zero-order valence-electron chi connectivity index (χ0n) is 8.63. The molecule has 0 bridgehead atoms. The average Bonchev–Trinajstić information content (AvgIpc) is 2.78. The van der Waals surface area contributed by atoms with Crippen molar-refractivity contribution in [3.8, 4) is 0 Å². The van der Waals surface area contributed by atoms with Crippen LogP contribution < -0.4 is 0 Å². The second-order valence-corrected chi connectivity index (χ2v) is 4.67. The average molecular weight is 229 g/mol. The van der Waals surface area contributed by atoms with Gasteiger partial charge in [0.25, 0.3) is 0 Å². The van der Waals surface area contributed by atoms with E-state index >= 15 is 0 Å². The fraction of sp³-hybridized carbons (Fsp3) is 0.500. The maximum absolute atomic E-state index is 13.6. The SMILES string of the molecule is CCCC1CC1(O)c1ccc(Cl)cc1F. The van der Waals surface area contributed by atoms with E-state index in [4.69, 9.17) is 11.6 Å². The molecule has 1 nitrogen and oxygen atoms in total. The van der Waals surface area contributed by atoms with Crippen LogP contribution in [-0.2, 0) is 5.60 Å². The van der Waals surface area contributed by atoms with Gasteiger partial charge in [-0.2, -0.15) is 0 Å². The van der Waals surface area contributed by atoms with E-state index < -0.39 is 11.4 Å². The van der Waals surface area contributed by atoms with Crippen molar-refractivity contribution in [2.24, 2.45) is 5.92 Å². The molecule has 0 spiro atoms. The van der Waals surface area contributed by atoms with Gasteiger partial charge in [0.15, 0.2) is 0 Å². The molecular formula is C12H14ClFO. The van der Waals surface area contributed by atoms with Crippen LogP contribution in [0.1, 0.15) is 31.7 Å². The van der Waals surface area contributed by atoms with Crippen LogP contribution in [0.3, 0.4) is 0 Å². The Morgan fingerprint density at radius 3 is 2.93 bits per heavy atom. The molecule has 1 fully saturated rings. The molecule has 1 saturated carbocycles. The van der Waals surface area contributed by atoms with Crippen molar-refractivity contribution in [3.63, 3.8) is 0 Å². The first-order valence-electron chi connectivity index (χ1n) is 5.26. The van der Waals surface area contributed by atoms with E-state index in [0.717, 1.165) is 12.8 Å². The Balaban J connectivity index is 2.24. The fourth-order valence-electron chi connectivity index (χ4n) is 2.18. The summed E-state index contributed by atoms with van der Waals surface area (Å²) in [7, 11) is 0. The van der Waals surface area contributed by atoms with Gasteiger partial charge >= 0.3 is 0 Å². The van der Waals surface area contributed by atoms with E-state index in [1.54, 1.807) is 12.1 Å². The molecule has 15 heavy (non-hydrogen) atoms.